The Balaban J connectivity index is 1.80. The van der Waals surface area contributed by atoms with E-state index in [4.69, 9.17) is 11.6 Å². The first-order valence-corrected chi connectivity index (χ1v) is 7.85. The Morgan fingerprint density at radius 2 is 2.10 bits per heavy atom. The monoisotopic (exact) mass is 351 g/mol. The Kier molecular flexibility index (Phi) is 3.94. The molecule has 3 rings (SSSR count). The van der Waals surface area contributed by atoms with Crippen LogP contribution in [0.3, 0.4) is 0 Å². The average Bonchev–Trinajstić information content (AvgIpc) is 3.22. The molecule has 20 heavy (non-hydrogen) atoms. The third kappa shape index (κ3) is 3.30. The van der Waals surface area contributed by atoms with Gasteiger partial charge in [0.25, 0.3) is 0 Å². The van der Waals surface area contributed by atoms with Gasteiger partial charge in [-0.3, -0.25) is 0 Å². The van der Waals surface area contributed by atoms with Crippen molar-refractivity contribution in [1.29, 1.82) is 0 Å². The van der Waals surface area contributed by atoms with E-state index >= 15 is 0 Å². The van der Waals surface area contributed by atoms with Crippen LogP contribution in [0.2, 0.25) is 5.02 Å². The van der Waals surface area contributed by atoms with Crippen molar-refractivity contribution in [2.24, 2.45) is 0 Å². The molecule has 1 saturated carbocycles. The van der Waals surface area contributed by atoms with Crippen molar-refractivity contribution >= 4 is 33.3 Å². The second-order valence-electron chi connectivity index (χ2n) is 5.13. The zero-order chi connectivity index (χ0) is 14.1. The molecular formula is C15H15BrClN3. The normalized spacial score (nSPS) is 15.9. The van der Waals surface area contributed by atoms with Crippen LogP contribution < -0.4 is 5.32 Å². The Labute approximate surface area is 131 Å². The van der Waals surface area contributed by atoms with E-state index in [9.17, 15) is 0 Å². The minimum absolute atomic E-state index is 0.141. The molecule has 3 nitrogen and oxygen atoms in total. The fraction of sp³-hybridized carbons (Fsp3) is 0.333. The Hall–Kier alpha value is -1.13. The largest absolute Gasteiger partial charge is 0.363 e. The van der Waals surface area contributed by atoms with Crippen molar-refractivity contribution in [3.63, 3.8) is 0 Å². The number of rotatable bonds is 4. The zero-order valence-electron chi connectivity index (χ0n) is 11.1. The highest BCUT2D eigenvalue weighted by atomic mass is 79.9. The van der Waals surface area contributed by atoms with Gasteiger partial charge in [-0.2, -0.15) is 0 Å². The van der Waals surface area contributed by atoms with Gasteiger partial charge in [0.05, 0.1) is 0 Å². The summed E-state index contributed by atoms with van der Waals surface area (Å²) in [5.41, 5.74) is 1.14. The first-order chi connectivity index (χ1) is 9.61. The summed E-state index contributed by atoms with van der Waals surface area (Å²) in [5.74, 6) is 2.32. The van der Waals surface area contributed by atoms with E-state index in [0.29, 0.717) is 5.92 Å². The molecule has 1 N–H and O–H groups in total. The molecule has 1 aliphatic carbocycles. The molecule has 1 fully saturated rings. The van der Waals surface area contributed by atoms with Crippen molar-refractivity contribution in [3.8, 4) is 0 Å². The summed E-state index contributed by atoms with van der Waals surface area (Å²) in [5, 5.41) is 4.16. The lowest BCUT2D eigenvalue weighted by molar-refractivity contribution is 0.850. The molecule has 1 aromatic heterocycles. The van der Waals surface area contributed by atoms with Crippen molar-refractivity contribution in [2.75, 3.05) is 5.32 Å². The topological polar surface area (TPSA) is 37.8 Å². The molecule has 1 aromatic carbocycles. The Bertz CT molecular complexity index is 628. The van der Waals surface area contributed by atoms with E-state index in [-0.39, 0.29) is 6.04 Å². The van der Waals surface area contributed by atoms with Crippen LogP contribution in [-0.2, 0) is 0 Å². The molecule has 1 unspecified atom stereocenters. The van der Waals surface area contributed by atoms with Gasteiger partial charge in [0.2, 0.25) is 0 Å². The predicted octanol–water partition coefficient (Wildman–Crippen LogP) is 4.94. The number of hydrogen-bond donors (Lipinski definition) is 1. The van der Waals surface area contributed by atoms with Crippen LogP contribution in [0.1, 0.15) is 43.1 Å². The molecule has 0 amide bonds. The van der Waals surface area contributed by atoms with E-state index in [1.54, 1.807) is 0 Å². The molecule has 104 valence electrons. The van der Waals surface area contributed by atoms with Crippen LogP contribution in [-0.4, -0.2) is 9.97 Å². The van der Waals surface area contributed by atoms with E-state index in [0.717, 1.165) is 26.8 Å². The summed E-state index contributed by atoms with van der Waals surface area (Å²) >= 11 is 9.49. The molecule has 0 aliphatic heterocycles. The van der Waals surface area contributed by atoms with E-state index in [1.165, 1.54) is 12.8 Å². The maximum atomic E-state index is 6.03. The summed E-state index contributed by atoms with van der Waals surface area (Å²) < 4.78 is 0.829. The number of halogens is 2. The molecule has 1 aliphatic rings. The van der Waals surface area contributed by atoms with Crippen molar-refractivity contribution in [2.45, 2.75) is 31.7 Å². The summed E-state index contributed by atoms with van der Waals surface area (Å²) in [6, 6.07) is 9.92. The fourth-order valence-corrected chi connectivity index (χ4v) is 2.71. The van der Waals surface area contributed by atoms with Crippen LogP contribution in [0.15, 0.2) is 34.9 Å². The fourth-order valence-electron chi connectivity index (χ4n) is 2.11. The average molecular weight is 353 g/mol. The second-order valence-corrected chi connectivity index (χ2v) is 6.38. The first-order valence-electron chi connectivity index (χ1n) is 6.68. The van der Waals surface area contributed by atoms with Gasteiger partial charge in [-0.15, -0.1) is 0 Å². The quantitative estimate of drug-likeness (QED) is 0.792. The van der Waals surface area contributed by atoms with Gasteiger partial charge in [-0.25, -0.2) is 9.97 Å². The highest BCUT2D eigenvalue weighted by Gasteiger charge is 2.27. The molecule has 0 radical (unpaired) electrons. The maximum Gasteiger partial charge on any atom is 0.135 e. The summed E-state index contributed by atoms with van der Waals surface area (Å²) in [4.78, 5) is 9.03. The highest BCUT2D eigenvalue weighted by Crippen LogP contribution is 2.39. The summed E-state index contributed by atoms with van der Waals surface area (Å²) in [7, 11) is 0. The number of anilines is 1. The van der Waals surface area contributed by atoms with Crippen molar-refractivity contribution in [1.82, 2.24) is 9.97 Å². The number of nitrogens with zero attached hydrogens (tertiary/aromatic N) is 2. The van der Waals surface area contributed by atoms with Crippen LogP contribution in [0.4, 0.5) is 5.82 Å². The van der Waals surface area contributed by atoms with Gasteiger partial charge in [0, 0.05) is 23.0 Å². The Morgan fingerprint density at radius 3 is 2.80 bits per heavy atom. The molecule has 1 heterocycles. The minimum atomic E-state index is 0.141. The van der Waals surface area contributed by atoms with Gasteiger partial charge in [0.15, 0.2) is 0 Å². The molecule has 0 saturated heterocycles. The van der Waals surface area contributed by atoms with Crippen LogP contribution in [0.25, 0.3) is 0 Å². The third-order valence-corrected chi connectivity index (χ3v) is 4.01. The molecule has 5 heteroatoms. The first kappa shape index (κ1) is 13.8. The van der Waals surface area contributed by atoms with Crippen LogP contribution in [0.5, 0.6) is 0 Å². The SMILES string of the molecule is CC(Nc1cc(Br)nc(C2CC2)n1)c1cccc(Cl)c1. The molecule has 0 bridgehead atoms. The zero-order valence-corrected chi connectivity index (χ0v) is 13.4. The van der Waals surface area contributed by atoms with Gasteiger partial charge < -0.3 is 5.32 Å². The lowest BCUT2D eigenvalue weighted by Gasteiger charge is -2.16. The lowest BCUT2D eigenvalue weighted by Crippen LogP contribution is -2.09. The standard InChI is InChI=1S/C15H15BrClN3/c1-9(11-3-2-4-12(17)7-11)18-14-8-13(16)19-15(20-14)10-5-6-10/h2-4,7-10H,5-6H2,1H3,(H,18,19,20). The number of hydrogen-bond acceptors (Lipinski definition) is 3. The summed E-state index contributed by atoms with van der Waals surface area (Å²) in [6.07, 6.45) is 2.39. The third-order valence-electron chi connectivity index (χ3n) is 3.37. The van der Waals surface area contributed by atoms with Crippen LogP contribution >= 0.6 is 27.5 Å². The summed E-state index contributed by atoms with van der Waals surface area (Å²) in [6.45, 7) is 2.10. The predicted molar refractivity (Wildman–Crippen MR) is 85.2 cm³/mol. The van der Waals surface area contributed by atoms with E-state index < -0.39 is 0 Å². The van der Waals surface area contributed by atoms with Gasteiger partial charge >= 0.3 is 0 Å². The van der Waals surface area contributed by atoms with Gasteiger partial charge in [-0.05, 0) is 53.4 Å². The molecule has 2 aromatic rings. The van der Waals surface area contributed by atoms with Crippen LogP contribution in [0, 0.1) is 0 Å². The number of aromatic nitrogens is 2. The van der Waals surface area contributed by atoms with E-state index in [1.807, 2.05) is 24.3 Å². The Morgan fingerprint density at radius 1 is 1.30 bits per heavy atom. The van der Waals surface area contributed by atoms with Crippen molar-refractivity contribution < 1.29 is 0 Å². The molecule has 0 spiro atoms. The lowest BCUT2D eigenvalue weighted by atomic mass is 10.1. The maximum absolute atomic E-state index is 6.03. The molecule has 1 atom stereocenters. The second kappa shape index (κ2) is 5.70. The number of benzene rings is 1. The highest BCUT2D eigenvalue weighted by molar-refractivity contribution is 9.10. The van der Waals surface area contributed by atoms with E-state index in [2.05, 4.69) is 44.2 Å². The molecular weight excluding hydrogens is 338 g/mol. The van der Waals surface area contributed by atoms with Gasteiger partial charge in [-0.1, -0.05) is 23.7 Å². The number of nitrogens with one attached hydrogen (secondary N) is 1. The van der Waals surface area contributed by atoms with Crippen molar-refractivity contribution in [3.05, 3.63) is 51.3 Å². The smallest absolute Gasteiger partial charge is 0.135 e. The van der Waals surface area contributed by atoms with Gasteiger partial charge in [0.1, 0.15) is 16.2 Å². The minimum Gasteiger partial charge on any atom is -0.363 e.